The van der Waals surface area contributed by atoms with Crippen LogP contribution in [0.5, 0.6) is 0 Å². The summed E-state index contributed by atoms with van der Waals surface area (Å²) in [6.07, 6.45) is -8.91. The molecule has 0 aliphatic carbocycles. The Labute approximate surface area is 220 Å². The van der Waals surface area contributed by atoms with Gasteiger partial charge in [0.25, 0.3) is 0 Å². The first-order valence-corrected chi connectivity index (χ1v) is 12.4. The number of ether oxygens (including phenoxy) is 2. The summed E-state index contributed by atoms with van der Waals surface area (Å²) < 4.78 is 112. The van der Waals surface area contributed by atoms with Gasteiger partial charge in [-0.15, -0.1) is 0 Å². The van der Waals surface area contributed by atoms with E-state index in [1.54, 1.807) is 25.5 Å². The summed E-state index contributed by atoms with van der Waals surface area (Å²) in [6, 6.07) is 7.58. The smallest absolute Gasteiger partial charge is 0.416 e. The fourth-order valence-electron chi connectivity index (χ4n) is 5.66. The van der Waals surface area contributed by atoms with Crippen LogP contribution in [0.2, 0.25) is 0 Å². The normalized spacial score (nSPS) is 24.6. The predicted molar refractivity (Wildman–Crippen MR) is 127 cm³/mol. The van der Waals surface area contributed by atoms with Crippen molar-refractivity contribution in [3.63, 3.8) is 0 Å². The Morgan fingerprint density at radius 2 is 1.64 bits per heavy atom. The summed E-state index contributed by atoms with van der Waals surface area (Å²) >= 11 is 0. The third-order valence-electron chi connectivity index (χ3n) is 7.60. The fourth-order valence-corrected chi connectivity index (χ4v) is 5.66. The lowest BCUT2D eigenvalue weighted by Crippen LogP contribution is -2.42. The van der Waals surface area contributed by atoms with Gasteiger partial charge in [-0.05, 0) is 72.9 Å². The number of benzene rings is 2. The number of anilines is 1. The summed E-state index contributed by atoms with van der Waals surface area (Å²) in [5.74, 6) is -0.848. The summed E-state index contributed by atoms with van der Waals surface area (Å²) in [5, 5.41) is 0. The molecule has 210 valence electrons. The molecule has 3 heterocycles. The molecule has 2 aliphatic heterocycles. The van der Waals surface area contributed by atoms with Gasteiger partial charge in [0.1, 0.15) is 12.1 Å². The fraction of sp³-hybridized carbons (Fsp3) is 0.429. The molecule has 0 radical (unpaired) electrons. The van der Waals surface area contributed by atoms with Gasteiger partial charge in [-0.3, -0.25) is 0 Å². The Kier molecular flexibility index (Phi) is 7.17. The van der Waals surface area contributed by atoms with E-state index in [-0.39, 0.29) is 30.1 Å². The highest BCUT2D eigenvalue weighted by molar-refractivity contribution is 5.45. The third-order valence-corrected chi connectivity index (χ3v) is 7.60. The SMILES string of the molecule is Cc1cc(F)ccc1[C@@H]1[C@@H](O[C@H](C)c2cc(C(F)(F)F)cc(C(F)(F)F)c2)OC[C@@H]2CN(c3ccoc3)C[C@H]21. The van der Waals surface area contributed by atoms with Gasteiger partial charge in [0.2, 0.25) is 0 Å². The van der Waals surface area contributed by atoms with E-state index in [4.69, 9.17) is 13.9 Å². The molecule has 2 aliphatic rings. The number of hydrogen-bond donors (Lipinski definition) is 0. The lowest BCUT2D eigenvalue weighted by molar-refractivity contribution is -0.217. The second kappa shape index (κ2) is 10.2. The van der Waals surface area contributed by atoms with E-state index >= 15 is 0 Å². The molecule has 2 aromatic carbocycles. The highest BCUT2D eigenvalue weighted by atomic mass is 19.4. The van der Waals surface area contributed by atoms with Gasteiger partial charge in [0.15, 0.2) is 6.29 Å². The van der Waals surface area contributed by atoms with Gasteiger partial charge in [-0.1, -0.05) is 6.07 Å². The van der Waals surface area contributed by atoms with Crippen molar-refractivity contribution in [2.24, 2.45) is 11.8 Å². The molecule has 3 aromatic rings. The molecule has 2 saturated heterocycles. The first kappa shape index (κ1) is 27.5. The van der Waals surface area contributed by atoms with Crippen LogP contribution in [0.25, 0.3) is 0 Å². The number of rotatable bonds is 5. The summed E-state index contributed by atoms with van der Waals surface area (Å²) in [4.78, 5) is 2.13. The monoisotopic (exact) mass is 557 g/mol. The zero-order valence-corrected chi connectivity index (χ0v) is 21.0. The van der Waals surface area contributed by atoms with Gasteiger partial charge in [0, 0.05) is 24.9 Å². The number of halogens is 7. The zero-order valence-electron chi connectivity index (χ0n) is 21.0. The van der Waals surface area contributed by atoms with Crippen molar-refractivity contribution in [1.82, 2.24) is 0 Å². The molecule has 0 spiro atoms. The Hall–Kier alpha value is -3.05. The molecule has 0 bridgehead atoms. The molecule has 39 heavy (non-hydrogen) atoms. The Bertz CT molecular complexity index is 1270. The first-order valence-electron chi connectivity index (χ1n) is 12.4. The predicted octanol–water partition coefficient (Wildman–Crippen LogP) is 7.74. The molecule has 0 saturated carbocycles. The van der Waals surface area contributed by atoms with Gasteiger partial charge in [-0.2, -0.15) is 26.3 Å². The van der Waals surface area contributed by atoms with E-state index in [1.807, 2.05) is 6.07 Å². The lowest BCUT2D eigenvalue weighted by atomic mass is 9.76. The van der Waals surface area contributed by atoms with Crippen LogP contribution in [0.1, 0.15) is 46.8 Å². The number of hydrogen-bond acceptors (Lipinski definition) is 4. The van der Waals surface area contributed by atoms with E-state index in [2.05, 4.69) is 4.90 Å². The highest BCUT2D eigenvalue weighted by Crippen LogP contribution is 2.47. The maximum absolute atomic E-state index is 14.0. The van der Waals surface area contributed by atoms with Gasteiger partial charge >= 0.3 is 12.4 Å². The van der Waals surface area contributed by atoms with Crippen molar-refractivity contribution in [2.45, 2.75) is 44.5 Å². The van der Waals surface area contributed by atoms with Crippen LogP contribution in [0, 0.1) is 24.6 Å². The largest absolute Gasteiger partial charge is 0.470 e. The van der Waals surface area contributed by atoms with Crippen LogP contribution in [0.15, 0.2) is 59.4 Å². The van der Waals surface area contributed by atoms with Crippen molar-refractivity contribution in [2.75, 3.05) is 24.6 Å². The van der Waals surface area contributed by atoms with Crippen LogP contribution in [0.4, 0.5) is 36.4 Å². The summed E-state index contributed by atoms with van der Waals surface area (Å²) in [6.45, 7) is 4.67. The minimum Gasteiger partial charge on any atom is -0.470 e. The van der Waals surface area contributed by atoms with Crippen LogP contribution >= 0.6 is 0 Å². The van der Waals surface area contributed by atoms with E-state index < -0.39 is 47.6 Å². The van der Waals surface area contributed by atoms with Gasteiger partial charge in [-0.25, -0.2) is 4.39 Å². The highest BCUT2D eigenvalue weighted by Gasteiger charge is 2.48. The van der Waals surface area contributed by atoms with E-state index in [9.17, 15) is 30.7 Å². The molecule has 5 atom stereocenters. The van der Waals surface area contributed by atoms with Crippen molar-refractivity contribution in [1.29, 1.82) is 0 Å². The molecule has 0 unspecified atom stereocenters. The Morgan fingerprint density at radius 1 is 0.949 bits per heavy atom. The van der Waals surface area contributed by atoms with Gasteiger partial charge < -0.3 is 18.8 Å². The zero-order chi connectivity index (χ0) is 28.1. The van der Waals surface area contributed by atoms with Crippen LogP contribution in [-0.4, -0.2) is 26.0 Å². The van der Waals surface area contributed by atoms with E-state index in [0.717, 1.165) is 11.3 Å². The topological polar surface area (TPSA) is 34.8 Å². The maximum Gasteiger partial charge on any atom is 0.416 e. The molecular formula is C28H26F7NO3. The van der Waals surface area contributed by atoms with Crippen LogP contribution < -0.4 is 4.90 Å². The van der Waals surface area contributed by atoms with Crippen LogP contribution in [-0.2, 0) is 21.8 Å². The Morgan fingerprint density at radius 3 is 2.23 bits per heavy atom. The number of aryl methyl sites for hydroxylation is 1. The van der Waals surface area contributed by atoms with Crippen molar-refractivity contribution in [3.8, 4) is 0 Å². The molecule has 4 nitrogen and oxygen atoms in total. The molecular weight excluding hydrogens is 531 g/mol. The number of alkyl halides is 6. The lowest BCUT2D eigenvalue weighted by Gasteiger charge is -2.41. The molecule has 0 amide bonds. The average molecular weight is 558 g/mol. The third kappa shape index (κ3) is 5.65. The quantitative estimate of drug-likeness (QED) is 0.301. The number of furan rings is 1. The molecule has 0 N–H and O–H groups in total. The standard InChI is InChI=1S/C28H26F7NO3/c1-15-7-21(29)3-4-23(15)25-24-12-36(22-5-6-37-14-22)11-18(24)13-38-26(25)39-16(2)17-8-19(27(30,31)32)10-20(9-17)28(33,34)35/h3-10,14,16,18,24-26H,11-13H2,1-2H3/t16-,18+,24-,25+,26-/m1/s1. The first-order chi connectivity index (χ1) is 18.3. The maximum atomic E-state index is 14.0. The molecule has 11 heteroatoms. The summed E-state index contributed by atoms with van der Waals surface area (Å²) in [5.41, 5.74) is -0.824. The summed E-state index contributed by atoms with van der Waals surface area (Å²) in [7, 11) is 0. The van der Waals surface area contributed by atoms with Crippen LogP contribution in [0.3, 0.4) is 0 Å². The van der Waals surface area contributed by atoms with E-state index in [1.165, 1.54) is 19.1 Å². The Balaban J connectivity index is 1.48. The second-order valence-corrected chi connectivity index (χ2v) is 10.2. The van der Waals surface area contributed by atoms with Gasteiger partial charge in [0.05, 0.1) is 35.8 Å². The second-order valence-electron chi connectivity index (χ2n) is 10.2. The van der Waals surface area contributed by atoms with Crippen molar-refractivity contribution < 1.29 is 44.6 Å². The molecule has 1 aromatic heterocycles. The van der Waals surface area contributed by atoms with Crippen molar-refractivity contribution in [3.05, 3.63) is 88.6 Å². The molecule has 5 rings (SSSR count). The molecule has 2 fully saturated rings. The minimum absolute atomic E-state index is 0.0396. The number of fused-ring (bicyclic) bond motifs is 1. The average Bonchev–Trinajstić information content (AvgIpc) is 3.53. The van der Waals surface area contributed by atoms with Crippen molar-refractivity contribution >= 4 is 5.69 Å². The number of nitrogens with zero attached hydrogens (tertiary/aromatic N) is 1. The van der Waals surface area contributed by atoms with E-state index in [0.29, 0.717) is 30.8 Å². The minimum atomic E-state index is -4.97.